The molecule has 0 bridgehead atoms. The number of benzene rings is 1. The molecule has 0 saturated heterocycles. The van der Waals surface area contributed by atoms with Crippen LogP contribution in [0.3, 0.4) is 0 Å². The van der Waals surface area contributed by atoms with E-state index in [9.17, 15) is 0 Å². The molecule has 0 aliphatic heterocycles. The van der Waals surface area contributed by atoms with Gasteiger partial charge in [-0.2, -0.15) is 0 Å². The van der Waals surface area contributed by atoms with Gasteiger partial charge in [0.1, 0.15) is 0 Å². The van der Waals surface area contributed by atoms with E-state index in [-0.39, 0.29) is 0 Å². The van der Waals surface area contributed by atoms with Gasteiger partial charge in [-0.25, -0.2) is 4.98 Å². The average molecular weight is 343 g/mol. The molecule has 0 saturated carbocycles. The molecule has 0 atom stereocenters. The van der Waals surface area contributed by atoms with E-state index in [2.05, 4.69) is 55.5 Å². The van der Waals surface area contributed by atoms with Crippen LogP contribution < -0.4 is 9.47 Å². The minimum atomic E-state index is 0.692. The first-order chi connectivity index (χ1) is 12.7. The van der Waals surface area contributed by atoms with Crippen molar-refractivity contribution in [1.29, 1.82) is 0 Å². The molecule has 0 fully saturated rings. The standard InChI is InChI=1S/C23H21NO2/c1-4-15-12-19(18-9-7-5-6-8-17(15)18)20-11-10-16-13-22(25-2)23(26-3)14-21(16)24-20/h5-14H,4H2,1-3H3. The maximum atomic E-state index is 5.43. The van der Waals surface area contributed by atoms with E-state index in [0.717, 1.165) is 23.0 Å². The van der Waals surface area contributed by atoms with Gasteiger partial charge in [0.15, 0.2) is 11.5 Å². The molecule has 3 nitrogen and oxygen atoms in total. The predicted octanol–water partition coefficient (Wildman–Crippen LogP) is 5.59. The van der Waals surface area contributed by atoms with Crippen molar-refractivity contribution in [2.45, 2.75) is 13.3 Å². The molecular formula is C23H21NO2. The van der Waals surface area contributed by atoms with Gasteiger partial charge in [0.25, 0.3) is 0 Å². The molecule has 0 radical (unpaired) electrons. The van der Waals surface area contributed by atoms with Gasteiger partial charge >= 0.3 is 0 Å². The lowest BCUT2D eigenvalue weighted by Crippen LogP contribution is -1.92. The zero-order chi connectivity index (χ0) is 18.1. The number of rotatable bonds is 4. The van der Waals surface area contributed by atoms with Gasteiger partial charge in [-0.05, 0) is 41.3 Å². The van der Waals surface area contributed by atoms with Gasteiger partial charge in [-0.1, -0.05) is 43.3 Å². The Kier molecular flexibility index (Phi) is 4.21. The summed E-state index contributed by atoms with van der Waals surface area (Å²) in [5.74, 6) is 1.41. The number of hydrogen-bond donors (Lipinski definition) is 0. The lowest BCUT2D eigenvalue weighted by Gasteiger charge is -2.10. The van der Waals surface area contributed by atoms with Crippen LogP contribution in [0, 0.1) is 0 Å². The van der Waals surface area contributed by atoms with Gasteiger partial charge in [0.05, 0.1) is 25.4 Å². The number of nitrogens with zero attached hydrogens (tertiary/aromatic N) is 1. The van der Waals surface area contributed by atoms with E-state index in [4.69, 9.17) is 14.5 Å². The Bertz CT molecular complexity index is 1060. The van der Waals surface area contributed by atoms with E-state index >= 15 is 0 Å². The summed E-state index contributed by atoms with van der Waals surface area (Å²) in [6.45, 7) is 2.19. The van der Waals surface area contributed by atoms with Crippen LogP contribution in [0.1, 0.15) is 12.5 Å². The van der Waals surface area contributed by atoms with Gasteiger partial charge in [-0.15, -0.1) is 0 Å². The summed E-state index contributed by atoms with van der Waals surface area (Å²) in [5, 5.41) is 1.03. The Balaban J connectivity index is 1.92. The second kappa shape index (κ2) is 6.68. The summed E-state index contributed by atoms with van der Waals surface area (Å²) >= 11 is 0. The lowest BCUT2D eigenvalue weighted by molar-refractivity contribution is 0.356. The van der Waals surface area contributed by atoms with Gasteiger partial charge in [0, 0.05) is 17.0 Å². The van der Waals surface area contributed by atoms with Gasteiger partial charge in [-0.3, -0.25) is 0 Å². The van der Waals surface area contributed by atoms with Crippen LogP contribution in [0.15, 0.2) is 60.7 Å². The SMILES string of the molecule is CCc1cc(-c2ccc3cc(OC)c(OC)cc3n2)c2cccccc1-2. The summed E-state index contributed by atoms with van der Waals surface area (Å²) in [6.07, 6.45) is 0.999. The third-order valence-corrected chi connectivity index (χ3v) is 4.84. The largest absolute Gasteiger partial charge is 0.493 e. The zero-order valence-corrected chi connectivity index (χ0v) is 15.2. The van der Waals surface area contributed by atoms with Crippen LogP contribution in [-0.2, 0) is 6.42 Å². The van der Waals surface area contributed by atoms with Crippen LogP contribution in [0.2, 0.25) is 0 Å². The van der Waals surface area contributed by atoms with E-state index in [1.807, 2.05) is 12.1 Å². The molecular weight excluding hydrogens is 322 g/mol. The third kappa shape index (κ3) is 2.66. The number of aromatic nitrogens is 1. The maximum absolute atomic E-state index is 5.43. The molecule has 130 valence electrons. The molecule has 1 aromatic heterocycles. The Morgan fingerprint density at radius 2 is 1.50 bits per heavy atom. The highest BCUT2D eigenvalue weighted by Gasteiger charge is 2.16. The summed E-state index contributed by atoms with van der Waals surface area (Å²) in [4.78, 5) is 4.91. The van der Waals surface area contributed by atoms with Crippen molar-refractivity contribution in [3.63, 3.8) is 0 Å². The quantitative estimate of drug-likeness (QED) is 0.484. The number of pyridine rings is 1. The topological polar surface area (TPSA) is 31.4 Å². The molecule has 26 heavy (non-hydrogen) atoms. The molecule has 2 aromatic rings. The Labute approximate surface area is 153 Å². The monoisotopic (exact) mass is 343 g/mol. The van der Waals surface area contributed by atoms with Crippen molar-refractivity contribution >= 4 is 10.9 Å². The summed E-state index contributed by atoms with van der Waals surface area (Å²) in [7, 11) is 3.29. The number of fused-ring (bicyclic) bond motifs is 2. The fourth-order valence-corrected chi connectivity index (χ4v) is 3.50. The molecule has 4 rings (SSSR count). The molecule has 1 aromatic carbocycles. The number of aryl methyl sites for hydroxylation is 1. The Morgan fingerprint density at radius 1 is 0.769 bits per heavy atom. The summed E-state index contributed by atoms with van der Waals surface area (Å²) in [5.41, 5.74) is 6.92. The summed E-state index contributed by atoms with van der Waals surface area (Å²) in [6, 6.07) is 20.9. The van der Waals surface area contributed by atoms with Crippen molar-refractivity contribution in [1.82, 2.24) is 4.98 Å². The first-order valence-corrected chi connectivity index (χ1v) is 8.79. The fourth-order valence-electron chi connectivity index (χ4n) is 3.50. The van der Waals surface area contributed by atoms with E-state index in [1.165, 1.54) is 22.3 Å². The first kappa shape index (κ1) is 16.4. The molecule has 0 spiro atoms. The van der Waals surface area contributed by atoms with Crippen LogP contribution in [0.4, 0.5) is 0 Å². The minimum absolute atomic E-state index is 0.692. The van der Waals surface area contributed by atoms with Crippen LogP contribution >= 0.6 is 0 Å². The van der Waals surface area contributed by atoms with Crippen LogP contribution in [-0.4, -0.2) is 19.2 Å². The molecule has 0 unspecified atom stereocenters. The minimum Gasteiger partial charge on any atom is -0.493 e. The van der Waals surface area contributed by atoms with Gasteiger partial charge in [0.2, 0.25) is 0 Å². The Hall–Kier alpha value is -3.07. The number of ether oxygens (including phenoxy) is 2. The number of hydrogen-bond acceptors (Lipinski definition) is 3. The van der Waals surface area contributed by atoms with E-state index in [0.29, 0.717) is 11.5 Å². The molecule has 0 N–H and O–H groups in total. The summed E-state index contributed by atoms with van der Waals surface area (Å²) < 4.78 is 10.8. The van der Waals surface area contributed by atoms with Crippen molar-refractivity contribution in [2.24, 2.45) is 0 Å². The van der Waals surface area contributed by atoms with Crippen LogP contribution in [0.5, 0.6) is 11.5 Å². The van der Waals surface area contributed by atoms with Crippen molar-refractivity contribution in [3.8, 4) is 33.9 Å². The average Bonchev–Trinajstić information content (AvgIpc) is 2.86. The second-order valence-electron chi connectivity index (χ2n) is 6.27. The third-order valence-electron chi connectivity index (χ3n) is 4.84. The first-order valence-electron chi connectivity index (χ1n) is 8.79. The normalized spacial score (nSPS) is 11.0. The number of methoxy groups -OCH3 is 2. The zero-order valence-electron chi connectivity index (χ0n) is 15.2. The maximum Gasteiger partial charge on any atom is 0.162 e. The molecule has 3 heteroatoms. The van der Waals surface area contributed by atoms with Crippen molar-refractivity contribution in [3.05, 3.63) is 66.2 Å². The van der Waals surface area contributed by atoms with Crippen LogP contribution in [0.25, 0.3) is 33.3 Å². The highest BCUT2D eigenvalue weighted by molar-refractivity contribution is 5.91. The molecule has 0 amide bonds. The second-order valence-corrected chi connectivity index (χ2v) is 6.27. The predicted molar refractivity (Wildman–Crippen MR) is 106 cm³/mol. The smallest absolute Gasteiger partial charge is 0.162 e. The molecule has 2 aliphatic rings. The van der Waals surface area contributed by atoms with E-state index in [1.54, 1.807) is 14.2 Å². The highest BCUT2D eigenvalue weighted by atomic mass is 16.5. The molecule has 1 heterocycles. The van der Waals surface area contributed by atoms with Crippen molar-refractivity contribution < 1.29 is 9.47 Å². The van der Waals surface area contributed by atoms with Crippen molar-refractivity contribution in [2.75, 3.05) is 14.2 Å². The molecule has 2 aliphatic carbocycles. The fraction of sp³-hybridized carbons (Fsp3) is 0.174. The lowest BCUT2D eigenvalue weighted by atomic mass is 10.0. The Morgan fingerprint density at radius 3 is 2.23 bits per heavy atom. The van der Waals surface area contributed by atoms with Gasteiger partial charge < -0.3 is 9.47 Å². The van der Waals surface area contributed by atoms with E-state index < -0.39 is 0 Å². The highest BCUT2D eigenvalue weighted by Crippen LogP contribution is 2.39.